The lowest BCUT2D eigenvalue weighted by atomic mass is 9.69. The van der Waals surface area contributed by atoms with Crippen LogP contribution in [0.4, 0.5) is 4.39 Å². The lowest BCUT2D eigenvalue weighted by molar-refractivity contribution is -0.147. The molecule has 4 fully saturated rings. The van der Waals surface area contributed by atoms with E-state index in [-0.39, 0.29) is 23.7 Å². The number of hydrogen-bond acceptors (Lipinski definition) is 6. The van der Waals surface area contributed by atoms with E-state index in [9.17, 15) is 19.4 Å². The molecule has 4 atom stereocenters. The van der Waals surface area contributed by atoms with Crippen molar-refractivity contribution >= 4 is 17.6 Å². The molecule has 0 amide bonds. The molecule has 0 spiro atoms. The summed E-state index contributed by atoms with van der Waals surface area (Å²) in [6, 6.07) is 9.96. The van der Waals surface area contributed by atoms with Crippen molar-refractivity contribution in [1.82, 2.24) is 5.16 Å². The second-order valence-electron chi connectivity index (χ2n) is 12.4. The molecule has 1 aromatic heterocycles. The first-order valence-electron chi connectivity index (χ1n) is 14.5. The second kappa shape index (κ2) is 9.82. The number of ether oxygens (including phenoxy) is 2. The van der Waals surface area contributed by atoms with E-state index in [1.54, 1.807) is 6.07 Å². The lowest BCUT2D eigenvalue weighted by Gasteiger charge is -2.43. The molecule has 2 bridgehead atoms. The molecule has 3 aromatic rings. The monoisotopic (exact) mass is 581 g/mol. The van der Waals surface area contributed by atoms with Gasteiger partial charge in [-0.2, -0.15) is 0 Å². The number of carboxylic acid groups (broad SMARTS) is 1. The summed E-state index contributed by atoms with van der Waals surface area (Å²) < 4.78 is 32.8. The van der Waals surface area contributed by atoms with Gasteiger partial charge in [0.1, 0.15) is 23.0 Å². The third-order valence-corrected chi connectivity index (χ3v) is 9.95. The molecule has 0 radical (unpaired) electrons. The summed E-state index contributed by atoms with van der Waals surface area (Å²) in [4.78, 5) is 11.6. The molecule has 0 unspecified atom stereocenters. The smallest absolute Gasteiger partial charge is 0.348 e. The first-order valence-corrected chi connectivity index (χ1v) is 14.9. The van der Waals surface area contributed by atoms with Crippen LogP contribution in [0, 0.1) is 24.6 Å². The quantitative estimate of drug-likeness (QED) is 0.283. The van der Waals surface area contributed by atoms with Crippen LogP contribution in [-0.2, 0) is 21.7 Å². The van der Waals surface area contributed by atoms with E-state index in [0.29, 0.717) is 48.8 Å². The highest BCUT2D eigenvalue weighted by Crippen LogP contribution is 2.56. The van der Waals surface area contributed by atoms with Gasteiger partial charge in [0.2, 0.25) is 5.60 Å². The van der Waals surface area contributed by atoms with Gasteiger partial charge in [0.15, 0.2) is 0 Å². The first-order chi connectivity index (χ1) is 19.7. The Bertz CT molecular complexity index is 1480. The normalized spacial score (nSPS) is 28.0. The fourth-order valence-electron chi connectivity index (χ4n) is 7.12. The zero-order valence-corrected chi connectivity index (χ0v) is 23.6. The number of carbonyl (C=O) groups is 1. The zero-order chi connectivity index (χ0) is 28.5. The maximum atomic E-state index is 14.7. The van der Waals surface area contributed by atoms with Crippen molar-refractivity contribution in [3.05, 3.63) is 69.7 Å². The van der Waals surface area contributed by atoms with Crippen molar-refractivity contribution in [2.45, 2.75) is 88.1 Å². The molecule has 0 aliphatic heterocycles. The van der Waals surface area contributed by atoms with Crippen molar-refractivity contribution in [3.63, 3.8) is 0 Å². The number of halogens is 2. The maximum Gasteiger partial charge on any atom is 0.348 e. The SMILES string of the molecule is Cc1cccc(Cl)c1-c1noc(C2CC2)c1CO[C@@H]1C[C@H]2CC[C@@H](C1)[C@]2(O)c1cc(F)cc(OC2(C(=O)O)CC2)c1. The van der Waals surface area contributed by atoms with E-state index < -0.39 is 23.0 Å². The summed E-state index contributed by atoms with van der Waals surface area (Å²) in [7, 11) is 0. The third-order valence-electron chi connectivity index (χ3n) is 9.63. The fourth-order valence-corrected chi connectivity index (χ4v) is 7.43. The number of nitrogens with zero attached hydrogens (tertiary/aromatic N) is 1. The Morgan fingerprint density at radius 1 is 1.15 bits per heavy atom. The lowest BCUT2D eigenvalue weighted by Crippen LogP contribution is -2.44. The van der Waals surface area contributed by atoms with Crippen LogP contribution in [0.2, 0.25) is 5.02 Å². The van der Waals surface area contributed by atoms with E-state index >= 15 is 0 Å². The Kier molecular flexibility index (Phi) is 6.45. The van der Waals surface area contributed by atoms with Crippen LogP contribution in [0.15, 0.2) is 40.9 Å². The molecule has 2 N–H and O–H groups in total. The van der Waals surface area contributed by atoms with E-state index in [1.165, 1.54) is 12.1 Å². The Morgan fingerprint density at radius 3 is 2.51 bits per heavy atom. The number of hydrogen-bond donors (Lipinski definition) is 2. The summed E-state index contributed by atoms with van der Waals surface area (Å²) in [5.41, 5.74) is 1.48. The van der Waals surface area contributed by atoms with Crippen LogP contribution in [0.1, 0.15) is 79.7 Å². The minimum absolute atomic E-state index is 0.0825. The van der Waals surface area contributed by atoms with Gasteiger partial charge in [0, 0.05) is 36.0 Å². The molecule has 7 rings (SSSR count). The van der Waals surface area contributed by atoms with Gasteiger partial charge in [-0.25, -0.2) is 9.18 Å². The van der Waals surface area contributed by atoms with E-state index in [2.05, 4.69) is 5.16 Å². The number of fused-ring (bicyclic) bond motifs is 2. The predicted octanol–water partition coefficient (Wildman–Crippen LogP) is 6.91. The van der Waals surface area contributed by atoms with E-state index in [4.69, 9.17) is 25.6 Å². The highest BCUT2D eigenvalue weighted by molar-refractivity contribution is 6.33. The second-order valence-corrected chi connectivity index (χ2v) is 12.8. The summed E-state index contributed by atoms with van der Waals surface area (Å²) >= 11 is 6.59. The van der Waals surface area contributed by atoms with Gasteiger partial charge in [0.05, 0.1) is 23.3 Å². The maximum absolute atomic E-state index is 14.7. The third kappa shape index (κ3) is 4.64. The van der Waals surface area contributed by atoms with Crippen LogP contribution in [0.3, 0.4) is 0 Å². The van der Waals surface area contributed by atoms with Crippen molar-refractivity contribution < 1.29 is 33.4 Å². The minimum atomic E-state index is -1.29. The van der Waals surface area contributed by atoms with Crippen molar-refractivity contribution in [2.75, 3.05) is 0 Å². The van der Waals surface area contributed by atoms with Crippen molar-refractivity contribution in [1.29, 1.82) is 0 Å². The molecule has 2 aromatic carbocycles. The Balaban J connectivity index is 1.11. The molecule has 0 saturated heterocycles. The topological polar surface area (TPSA) is 102 Å². The van der Waals surface area contributed by atoms with Gasteiger partial charge < -0.3 is 24.2 Å². The summed E-state index contributed by atoms with van der Waals surface area (Å²) in [5, 5.41) is 26.6. The Morgan fingerprint density at radius 2 is 1.88 bits per heavy atom. The first kappa shape index (κ1) is 26.9. The summed E-state index contributed by atoms with van der Waals surface area (Å²) in [6.07, 6.45) is 5.68. The molecule has 4 aliphatic rings. The van der Waals surface area contributed by atoms with Crippen molar-refractivity contribution in [2.24, 2.45) is 11.8 Å². The van der Waals surface area contributed by atoms with Gasteiger partial charge in [0.25, 0.3) is 0 Å². The van der Waals surface area contributed by atoms with Crippen LogP contribution >= 0.6 is 11.6 Å². The summed E-state index contributed by atoms with van der Waals surface area (Å²) in [5.74, 6) is -0.467. The molecule has 7 nitrogen and oxygen atoms in total. The van der Waals surface area contributed by atoms with E-state index in [0.717, 1.165) is 53.8 Å². The summed E-state index contributed by atoms with van der Waals surface area (Å²) in [6.45, 7) is 2.35. The number of aromatic nitrogens is 1. The molecule has 216 valence electrons. The van der Waals surface area contributed by atoms with Crippen LogP contribution < -0.4 is 4.74 Å². The number of rotatable bonds is 9. The van der Waals surface area contributed by atoms with Gasteiger partial charge in [-0.3, -0.25) is 0 Å². The average Bonchev–Trinajstić information content (AvgIpc) is 3.85. The number of benzene rings is 2. The molecular formula is C32H33ClFNO6. The highest BCUT2D eigenvalue weighted by atomic mass is 35.5. The highest BCUT2D eigenvalue weighted by Gasteiger charge is 2.56. The van der Waals surface area contributed by atoms with Crippen LogP contribution in [-0.4, -0.2) is 33.0 Å². The fraction of sp³-hybridized carbons (Fsp3) is 0.500. The standard InChI is InChI=1S/C32H33ClFNO6/c1-17-3-2-4-26(33)27(17)28-25(29(41-35-28)18-5-6-18)16-39-23-12-19-7-8-20(13-23)32(19,38)21-11-22(34)15-24(14-21)40-31(9-10-31)30(36)37/h2-4,11,14-15,18-20,23,38H,5-10,12-13,16H2,1H3,(H,36,37)/t19-,20+,23-,32+. The number of aliphatic hydroxyl groups is 1. The Labute approximate surface area is 242 Å². The van der Waals surface area contributed by atoms with E-state index in [1.807, 2.05) is 25.1 Å². The van der Waals surface area contributed by atoms with Crippen molar-refractivity contribution in [3.8, 4) is 17.0 Å². The number of carboxylic acids is 1. The van der Waals surface area contributed by atoms with Gasteiger partial charge in [-0.15, -0.1) is 0 Å². The molecule has 1 heterocycles. The minimum Gasteiger partial charge on any atom is -0.478 e. The van der Waals surface area contributed by atoms with Gasteiger partial charge >= 0.3 is 5.97 Å². The van der Waals surface area contributed by atoms with Gasteiger partial charge in [-0.05, 0) is 86.6 Å². The molecule has 41 heavy (non-hydrogen) atoms. The molecule has 4 aliphatic carbocycles. The van der Waals surface area contributed by atoms with Crippen LogP contribution in [0.5, 0.6) is 5.75 Å². The largest absolute Gasteiger partial charge is 0.478 e. The Hall–Kier alpha value is -2.94. The van der Waals surface area contributed by atoms with Crippen LogP contribution in [0.25, 0.3) is 11.3 Å². The number of aliphatic carboxylic acids is 1. The average molecular weight is 582 g/mol. The molecule has 9 heteroatoms. The predicted molar refractivity (Wildman–Crippen MR) is 148 cm³/mol. The number of aryl methyl sites for hydroxylation is 1. The van der Waals surface area contributed by atoms with Gasteiger partial charge in [-0.1, -0.05) is 28.9 Å². The molecule has 4 saturated carbocycles. The molecular weight excluding hydrogens is 549 g/mol. The zero-order valence-electron chi connectivity index (χ0n) is 22.9.